The summed E-state index contributed by atoms with van der Waals surface area (Å²) in [6, 6.07) is 40.5. The fourth-order valence-electron chi connectivity index (χ4n) is 7.09. The van der Waals surface area contributed by atoms with Crippen molar-refractivity contribution in [3.8, 4) is 45.1 Å². The smallest absolute Gasteiger partial charge is 0.268 e. The molecule has 52 heavy (non-hydrogen) atoms. The van der Waals surface area contributed by atoms with E-state index < -0.39 is 11.8 Å². The van der Waals surface area contributed by atoms with Crippen LogP contribution < -0.4 is 4.90 Å². The number of benzene rings is 5. The maximum absolute atomic E-state index is 14.6. The Labute approximate surface area is 297 Å². The molecule has 0 saturated heterocycles. The van der Waals surface area contributed by atoms with E-state index in [1.54, 1.807) is 42.7 Å². The van der Waals surface area contributed by atoms with Crippen LogP contribution in [0.3, 0.4) is 0 Å². The maximum atomic E-state index is 14.6. The predicted molar refractivity (Wildman–Crippen MR) is 201 cm³/mol. The van der Waals surface area contributed by atoms with Crippen molar-refractivity contribution in [1.82, 2.24) is 14.5 Å². The lowest BCUT2D eigenvalue weighted by molar-refractivity contribution is 0.0926. The van der Waals surface area contributed by atoms with Crippen LogP contribution >= 0.6 is 0 Å². The lowest BCUT2D eigenvalue weighted by Gasteiger charge is -2.16. The Hall–Kier alpha value is -7.68. The number of pyridine rings is 2. The molecule has 8 aromatic rings. The van der Waals surface area contributed by atoms with Crippen LogP contribution in [0.1, 0.15) is 26.3 Å². The summed E-state index contributed by atoms with van der Waals surface area (Å²) >= 11 is 0. The van der Waals surface area contributed by atoms with Crippen LogP contribution in [0.2, 0.25) is 0 Å². The number of nitriles is 1. The van der Waals surface area contributed by atoms with Gasteiger partial charge in [-0.3, -0.25) is 19.6 Å². The zero-order valence-electron chi connectivity index (χ0n) is 27.4. The minimum absolute atomic E-state index is 0.303. The Morgan fingerprint density at radius 3 is 1.96 bits per heavy atom. The van der Waals surface area contributed by atoms with E-state index in [0.717, 1.165) is 55.2 Å². The fourth-order valence-corrected chi connectivity index (χ4v) is 7.09. The summed E-state index contributed by atoms with van der Waals surface area (Å²) in [5.74, 6) is -0.807. The van der Waals surface area contributed by atoms with Gasteiger partial charge >= 0.3 is 0 Å². The minimum atomic E-state index is -0.414. The van der Waals surface area contributed by atoms with Crippen LogP contribution in [0.5, 0.6) is 0 Å². The van der Waals surface area contributed by atoms with Crippen LogP contribution in [0, 0.1) is 17.9 Å². The van der Waals surface area contributed by atoms with Crippen molar-refractivity contribution in [2.75, 3.05) is 4.90 Å². The number of rotatable bonds is 5. The molecule has 1 aliphatic heterocycles. The lowest BCUT2D eigenvalue weighted by Crippen LogP contribution is -2.29. The normalized spacial score (nSPS) is 12.2. The highest BCUT2D eigenvalue weighted by atomic mass is 16.2. The molecule has 0 atom stereocenters. The van der Waals surface area contributed by atoms with Gasteiger partial charge in [0.1, 0.15) is 6.07 Å². The van der Waals surface area contributed by atoms with Gasteiger partial charge in [0.15, 0.2) is 0 Å². The highest BCUT2D eigenvalue weighted by molar-refractivity contribution is 6.36. The van der Waals surface area contributed by atoms with Gasteiger partial charge < -0.3 is 4.57 Å². The molecule has 242 valence electrons. The number of hydrogen-bond donors (Lipinski definition) is 0. The topological polar surface area (TPSA) is 96.2 Å². The maximum Gasteiger partial charge on any atom is 0.268 e. The molecule has 0 N–H and O–H groups in total. The number of fused-ring (bicyclic) bond motifs is 4. The Morgan fingerprint density at radius 2 is 1.25 bits per heavy atom. The second-order valence-electron chi connectivity index (χ2n) is 12.5. The Balaban J connectivity index is 1.27. The van der Waals surface area contributed by atoms with Crippen molar-refractivity contribution in [3.63, 3.8) is 0 Å². The zero-order valence-corrected chi connectivity index (χ0v) is 27.4. The third-order valence-electron chi connectivity index (χ3n) is 9.50. The Morgan fingerprint density at radius 1 is 0.596 bits per heavy atom. The number of hydrogen-bond acceptors (Lipinski definition) is 5. The highest BCUT2D eigenvalue weighted by Gasteiger charge is 2.39. The largest absolute Gasteiger partial charge is 0.308 e. The van der Waals surface area contributed by atoms with Gasteiger partial charge in [0.2, 0.25) is 5.69 Å². The van der Waals surface area contributed by atoms with E-state index in [0.29, 0.717) is 33.8 Å². The van der Waals surface area contributed by atoms with Crippen LogP contribution in [-0.2, 0) is 0 Å². The summed E-state index contributed by atoms with van der Waals surface area (Å²) in [5, 5.41) is 11.4. The summed E-state index contributed by atoms with van der Waals surface area (Å²) in [5.41, 5.74) is 9.25. The van der Waals surface area contributed by atoms with Crippen molar-refractivity contribution in [2.45, 2.75) is 0 Å². The molecule has 8 nitrogen and oxygen atoms in total. The van der Waals surface area contributed by atoms with Crippen LogP contribution in [0.25, 0.3) is 65.7 Å². The number of anilines is 1. The summed E-state index contributed by atoms with van der Waals surface area (Å²) in [6.45, 7) is 7.51. The van der Waals surface area contributed by atoms with Gasteiger partial charge in [-0.15, -0.1) is 0 Å². The third kappa shape index (κ3) is 4.83. The number of carbonyl (C=O) groups is 2. The summed E-state index contributed by atoms with van der Waals surface area (Å²) in [6.07, 6.45) is 6.49. The molecule has 1 aliphatic rings. The number of imide groups is 1. The molecule has 0 spiro atoms. The first-order chi connectivity index (χ1) is 25.5. The Kier molecular flexibility index (Phi) is 7.03. The molecule has 4 heterocycles. The average Bonchev–Trinajstić information content (AvgIpc) is 3.67. The lowest BCUT2D eigenvalue weighted by atomic mass is 10.0. The molecule has 0 fully saturated rings. The van der Waals surface area contributed by atoms with Gasteiger partial charge in [-0.25, -0.2) is 9.74 Å². The van der Waals surface area contributed by atoms with Gasteiger partial charge in [-0.2, -0.15) is 5.26 Å². The monoisotopic (exact) mass is 668 g/mol. The molecule has 0 aliphatic carbocycles. The van der Waals surface area contributed by atoms with Gasteiger partial charge in [-0.05, 0) is 76.3 Å². The van der Waals surface area contributed by atoms with Crippen molar-refractivity contribution < 1.29 is 9.59 Å². The first kappa shape index (κ1) is 30.4. The summed E-state index contributed by atoms with van der Waals surface area (Å²) in [7, 11) is 0. The van der Waals surface area contributed by atoms with Crippen molar-refractivity contribution in [2.24, 2.45) is 0 Å². The molecule has 0 radical (unpaired) electrons. The molecule has 9 rings (SSSR count). The fraction of sp³-hybridized carbons (Fsp3) is 0. The number of carbonyl (C=O) groups excluding carboxylic acids is 2. The quantitative estimate of drug-likeness (QED) is 0.134. The zero-order chi connectivity index (χ0) is 35.3. The standard InChI is InChI=1S/C44H24N6O2/c1-46-34-18-33(25-48-26-34)31-14-16-37-36-15-13-30(32-17-27(22-45)23-47-24-32)20-40(36)50(41(37)21-31)39-12-6-11-38-42(39)44(52)49(43(38)51)35-10-5-9-29(19-35)28-7-3-2-4-8-28/h2-21,23-26H. The first-order valence-electron chi connectivity index (χ1n) is 16.5. The van der Waals surface area contributed by atoms with Crippen molar-refractivity contribution >= 4 is 45.0 Å². The SMILES string of the molecule is [C-]#[N+]c1cncc(-c2ccc3c4ccc(-c5cncc(C#N)c5)cc4n(-c4cccc5c4C(=O)N(c4cccc(-c6ccccc6)c4)C5=O)c3c2)c1. The van der Waals surface area contributed by atoms with E-state index >= 15 is 0 Å². The summed E-state index contributed by atoms with van der Waals surface area (Å²) < 4.78 is 2.03. The molecule has 8 heteroatoms. The van der Waals surface area contributed by atoms with E-state index in [4.69, 9.17) is 6.57 Å². The molecule has 0 bridgehead atoms. The van der Waals surface area contributed by atoms with E-state index in [-0.39, 0.29) is 0 Å². The molecule has 3 aromatic heterocycles. The van der Waals surface area contributed by atoms with Crippen LogP contribution in [0.15, 0.2) is 146 Å². The molecule has 2 amide bonds. The second kappa shape index (κ2) is 12.0. The first-order valence-corrected chi connectivity index (χ1v) is 16.5. The molecule has 0 unspecified atom stereocenters. The van der Waals surface area contributed by atoms with Crippen LogP contribution in [-0.4, -0.2) is 26.3 Å². The molecular weight excluding hydrogens is 645 g/mol. The highest BCUT2D eigenvalue weighted by Crippen LogP contribution is 2.41. The number of aromatic nitrogens is 3. The van der Waals surface area contributed by atoms with Gasteiger partial charge in [0.25, 0.3) is 11.8 Å². The molecular formula is C44H24N6O2. The molecule has 5 aromatic carbocycles. The van der Waals surface area contributed by atoms with Crippen molar-refractivity contribution in [3.05, 3.63) is 174 Å². The third-order valence-corrected chi connectivity index (χ3v) is 9.50. The van der Waals surface area contributed by atoms with Crippen molar-refractivity contribution in [1.29, 1.82) is 5.26 Å². The second-order valence-corrected chi connectivity index (χ2v) is 12.5. The predicted octanol–water partition coefficient (Wildman–Crippen LogP) is 9.80. The number of nitrogens with zero attached hydrogens (tertiary/aromatic N) is 6. The van der Waals surface area contributed by atoms with Gasteiger partial charge in [-0.1, -0.05) is 72.8 Å². The van der Waals surface area contributed by atoms with E-state index in [2.05, 4.69) is 20.9 Å². The van der Waals surface area contributed by atoms with Gasteiger partial charge in [0, 0.05) is 41.1 Å². The minimum Gasteiger partial charge on any atom is -0.308 e. The Bertz CT molecular complexity index is 2760. The van der Waals surface area contributed by atoms with E-state index in [1.807, 2.05) is 95.6 Å². The molecule has 0 saturated carbocycles. The van der Waals surface area contributed by atoms with Gasteiger partial charge in [0.05, 0.1) is 45.7 Å². The summed E-state index contributed by atoms with van der Waals surface area (Å²) in [4.78, 5) is 42.1. The van der Waals surface area contributed by atoms with E-state index in [1.165, 1.54) is 17.3 Å². The number of amides is 2. The average molecular weight is 669 g/mol. The van der Waals surface area contributed by atoms with E-state index in [9.17, 15) is 14.9 Å². The van der Waals surface area contributed by atoms with Crippen LogP contribution in [0.4, 0.5) is 11.4 Å².